The largest absolute Gasteiger partial charge is 0.481 e. The average Bonchev–Trinajstić information content (AvgIpc) is 3.12. The minimum atomic E-state index is -0.823. The molecule has 3 rings (SSSR count). The van der Waals surface area contributed by atoms with Crippen LogP contribution in [0.4, 0.5) is 10.5 Å². The Kier molecular flexibility index (Phi) is 4.60. The summed E-state index contributed by atoms with van der Waals surface area (Å²) in [6.45, 7) is 0.652. The van der Waals surface area contributed by atoms with Gasteiger partial charge in [0.25, 0.3) is 0 Å². The SMILES string of the molecule is COC(=O)c1ccc(NC(=O)N2C[C@@H]3CCC[C@@]3(C(=O)O)C2)cc1Cl. The van der Waals surface area contributed by atoms with Gasteiger partial charge in [-0.05, 0) is 37.0 Å². The van der Waals surface area contributed by atoms with E-state index in [0.717, 1.165) is 12.8 Å². The van der Waals surface area contributed by atoms with E-state index in [1.54, 1.807) is 11.0 Å². The molecule has 0 spiro atoms. The van der Waals surface area contributed by atoms with Gasteiger partial charge < -0.3 is 20.1 Å². The van der Waals surface area contributed by atoms with Gasteiger partial charge in [-0.1, -0.05) is 18.0 Å². The minimum Gasteiger partial charge on any atom is -0.481 e. The van der Waals surface area contributed by atoms with Crippen molar-refractivity contribution in [2.45, 2.75) is 19.3 Å². The Hall–Kier alpha value is -2.28. The number of hydrogen-bond acceptors (Lipinski definition) is 4. The van der Waals surface area contributed by atoms with E-state index >= 15 is 0 Å². The van der Waals surface area contributed by atoms with Gasteiger partial charge in [-0.15, -0.1) is 0 Å². The molecule has 0 unspecified atom stereocenters. The maximum atomic E-state index is 12.5. The lowest BCUT2D eigenvalue weighted by atomic mass is 9.81. The van der Waals surface area contributed by atoms with Crippen LogP contribution in [0.15, 0.2) is 18.2 Å². The molecule has 1 aromatic rings. The Labute approximate surface area is 149 Å². The molecule has 2 amide bonds. The quantitative estimate of drug-likeness (QED) is 0.802. The number of carbonyl (C=O) groups is 3. The van der Waals surface area contributed by atoms with E-state index in [9.17, 15) is 19.5 Å². The number of fused-ring (bicyclic) bond motifs is 1. The maximum Gasteiger partial charge on any atom is 0.339 e. The van der Waals surface area contributed by atoms with E-state index in [2.05, 4.69) is 10.1 Å². The first kappa shape index (κ1) is 17.5. The summed E-state index contributed by atoms with van der Waals surface area (Å²) in [4.78, 5) is 37.2. The molecule has 1 saturated carbocycles. The number of nitrogens with zero attached hydrogens (tertiary/aromatic N) is 1. The molecule has 0 radical (unpaired) electrons. The third-order valence-electron chi connectivity index (χ3n) is 5.21. The van der Waals surface area contributed by atoms with E-state index in [0.29, 0.717) is 18.7 Å². The van der Waals surface area contributed by atoms with Crippen LogP contribution in [0.1, 0.15) is 29.6 Å². The highest BCUT2D eigenvalue weighted by atomic mass is 35.5. The van der Waals surface area contributed by atoms with Gasteiger partial charge in [-0.25, -0.2) is 9.59 Å². The van der Waals surface area contributed by atoms with Gasteiger partial charge in [0.15, 0.2) is 0 Å². The molecule has 1 aliphatic carbocycles. The number of esters is 1. The van der Waals surface area contributed by atoms with Crippen molar-refractivity contribution in [3.8, 4) is 0 Å². The van der Waals surface area contributed by atoms with Crippen LogP contribution in [0.2, 0.25) is 5.02 Å². The van der Waals surface area contributed by atoms with Gasteiger partial charge in [0.2, 0.25) is 0 Å². The second-order valence-electron chi connectivity index (χ2n) is 6.55. The highest BCUT2D eigenvalue weighted by molar-refractivity contribution is 6.34. The Morgan fingerprint density at radius 1 is 1.40 bits per heavy atom. The first-order valence-corrected chi connectivity index (χ1v) is 8.42. The lowest BCUT2D eigenvalue weighted by Crippen LogP contribution is -2.38. The first-order valence-electron chi connectivity index (χ1n) is 8.04. The number of ether oxygens (including phenoxy) is 1. The predicted octanol–water partition coefficient (Wildman–Crippen LogP) is 2.85. The molecule has 1 aliphatic heterocycles. The van der Waals surface area contributed by atoms with Crippen molar-refractivity contribution in [1.29, 1.82) is 0 Å². The number of likely N-dealkylation sites (tertiary alicyclic amines) is 1. The van der Waals surface area contributed by atoms with Gasteiger partial charge in [-0.2, -0.15) is 0 Å². The smallest absolute Gasteiger partial charge is 0.339 e. The predicted molar refractivity (Wildman–Crippen MR) is 90.8 cm³/mol. The molecule has 7 nitrogen and oxygen atoms in total. The molecule has 134 valence electrons. The molecule has 0 bridgehead atoms. The second-order valence-corrected chi connectivity index (χ2v) is 6.95. The standard InChI is InChI=1S/C17H19ClN2O5/c1-25-14(21)12-5-4-11(7-13(12)18)19-16(24)20-8-10-3-2-6-17(10,9-20)15(22)23/h4-5,7,10H,2-3,6,8-9H2,1H3,(H,19,24)(H,22,23)/t10-,17+/m0/s1. The second kappa shape index (κ2) is 6.55. The van der Waals surface area contributed by atoms with Crippen LogP contribution in [0.25, 0.3) is 0 Å². The van der Waals surface area contributed by atoms with E-state index < -0.39 is 17.4 Å². The van der Waals surface area contributed by atoms with Crippen LogP contribution in [-0.2, 0) is 9.53 Å². The van der Waals surface area contributed by atoms with Gasteiger partial charge in [0.1, 0.15) is 0 Å². The summed E-state index contributed by atoms with van der Waals surface area (Å²) in [5.74, 6) is -1.38. The summed E-state index contributed by atoms with van der Waals surface area (Å²) in [6.07, 6.45) is 2.32. The topological polar surface area (TPSA) is 95.9 Å². The summed E-state index contributed by atoms with van der Waals surface area (Å²) in [7, 11) is 1.26. The number of methoxy groups -OCH3 is 1. The van der Waals surface area contributed by atoms with E-state index in [1.165, 1.54) is 19.2 Å². The van der Waals surface area contributed by atoms with Crippen LogP contribution in [-0.4, -0.2) is 48.2 Å². The summed E-state index contributed by atoms with van der Waals surface area (Å²) >= 11 is 6.04. The molecule has 8 heteroatoms. The highest BCUT2D eigenvalue weighted by Crippen LogP contribution is 2.48. The van der Waals surface area contributed by atoms with Crippen molar-refractivity contribution in [2.75, 3.05) is 25.5 Å². The summed E-state index contributed by atoms with van der Waals surface area (Å²) in [6, 6.07) is 4.13. The summed E-state index contributed by atoms with van der Waals surface area (Å²) < 4.78 is 4.62. The van der Waals surface area contributed by atoms with Crippen molar-refractivity contribution >= 4 is 35.3 Å². The number of hydrogen-bond donors (Lipinski definition) is 2. The fourth-order valence-corrected chi connectivity index (χ4v) is 4.12. The zero-order valence-electron chi connectivity index (χ0n) is 13.8. The highest BCUT2D eigenvalue weighted by Gasteiger charge is 2.55. The Morgan fingerprint density at radius 3 is 2.76 bits per heavy atom. The number of carboxylic acid groups (broad SMARTS) is 1. The van der Waals surface area contributed by atoms with E-state index in [-0.39, 0.29) is 29.1 Å². The van der Waals surface area contributed by atoms with Crippen LogP contribution in [0.3, 0.4) is 0 Å². The lowest BCUT2D eigenvalue weighted by molar-refractivity contribution is -0.149. The van der Waals surface area contributed by atoms with Crippen molar-refractivity contribution in [3.05, 3.63) is 28.8 Å². The molecular weight excluding hydrogens is 348 g/mol. The Morgan fingerprint density at radius 2 is 2.16 bits per heavy atom. The van der Waals surface area contributed by atoms with Crippen LogP contribution < -0.4 is 5.32 Å². The number of aliphatic carboxylic acids is 1. The van der Waals surface area contributed by atoms with Gasteiger partial charge in [0.05, 0.1) is 23.1 Å². The number of amides is 2. The number of anilines is 1. The van der Waals surface area contributed by atoms with Crippen LogP contribution in [0, 0.1) is 11.3 Å². The van der Waals surface area contributed by atoms with Gasteiger partial charge in [0, 0.05) is 18.8 Å². The van der Waals surface area contributed by atoms with Crippen LogP contribution in [0.5, 0.6) is 0 Å². The van der Waals surface area contributed by atoms with Crippen LogP contribution >= 0.6 is 11.6 Å². The number of nitrogens with one attached hydrogen (secondary N) is 1. The summed E-state index contributed by atoms with van der Waals surface area (Å²) in [5.41, 5.74) is -0.171. The summed E-state index contributed by atoms with van der Waals surface area (Å²) in [5, 5.41) is 12.5. The Bertz CT molecular complexity index is 738. The molecule has 1 heterocycles. The fraction of sp³-hybridized carbons (Fsp3) is 0.471. The van der Waals surface area contributed by atoms with Gasteiger partial charge >= 0.3 is 18.0 Å². The number of benzene rings is 1. The number of carboxylic acids is 1. The van der Waals surface area contributed by atoms with Crippen molar-refractivity contribution in [1.82, 2.24) is 4.90 Å². The molecule has 0 aromatic heterocycles. The molecular formula is C17H19ClN2O5. The van der Waals surface area contributed by atoms with Gasteiger partial charge in [-0.3, -0.25) is 4.79 Å². The monoisotopic (exact) mass is 366 g/mol. The average molecular weight is 367 g/mol. The molecule has 2 aliphatic rings. The minimum absolute atomic E-state index is 0.000961. The molecule has 1 saturated heterocycles. The van der Waals surface area contributed by atoms with E-state index in [1.807, 2.05) is 0 Å². The van der Waals surface area contributed by atoms with Crippen molar-refractivity contribution in [2.24, 2.45) is 11.3 Å². The molecule has 2 N–H and O–H groups in total. The zero-order chi connectivity index (χ0) is 18.2. The normalized spacial score (nSPS) is 24.7. The first-order chi connectivity index (χ1) is 11.9. The zero-order valence-corrected chi connectivity index (χ0v) is 14.5. The number of urea groups is 1. The Balaban J connectivity index is 1.70. The number of rotatable bonds is 3. The lowest BCUT2D eigenvalue weighted by Gasteiger charge is -2.23. The third kappa shape index (κ3) is 3.04. The van der Waals surface area contributed by atoms with Crippen molar-refractivity contribution < 1.29 is 24.2 Å². The molecule has 2 atom stereocenters. The fourth-order valence-electron chi connectivity index (χ4n) is 3.86. The third-order valence-corrected chi connectivity index (χ3v) is 5.52. The number of carbonyl (C=O) groups excluding carboxylic acids is 2. The molecule has 1 aromatic carbocycles. The van der Waals surface area contributed by atoms with Crippen molar-refractivity contribution in [3.63, 3.8) is 0 Å². The number of halogens is 1. The maximum absolute atomic E-state index is 12.5. The molecule has 2 fully saturated rings. The molecule has 25 heavy (non-hydrogen) atoms. The van der Waals surface area contributed by atoms with E-state index in [4.69, 9.17) is 11.6 Å².